The second kappa shape index (κ2) is 9.42. The number of hydrogen-bond donors (Lipinski definition) is 7. The van der Waals surface area contributed by atoms with Gasteiger partial charge < -0.3 is 24.9 Å². The molecular formula is C7H15N2O9P. The van der Waals surface area contributed by atoms with Gasteiger partial charge in [-0.1, -0.05) is 0 Å². The van der Waals surface area contributed by atoms with Gasteiger partial charge in [-0.05, 0) is 6.42 Å². The molecular weight excluding hydrogens is 287 g/mol. The first kappa shape index (κ1) is 19.8. The SMILES string of the molecule is CC(=O)NN[C@@H](CCC(=O)O)C(=O)O.O=P(O)(O)O. The van der Waals surface area contributed by atoms with Crippen molar-refractivity contribution in [3.05, 3.63) is 0 Å². The lowest BCUT2D eigenvalue weighted by Gasteiger charge is -2.12. The number of rotatable bonds is 6. The van der Waals surface area contributed by atoms with Crippen LogP contribution in [0.2, 0.25) is 0 Å². The smallest absolute Gasteiger partial charge is 0.466 e. The van der Waals surface area contributed by atoms with E-state index in [1.54, 1.807) is 0 Å². The van der Waals surface area contributed by atoms with Crippen LogP contribution >= 0.6 is 7.82 Å². The standard InChI is InChI=1S/C7H12N2O5.H3O4P/c1-4(10)8-9-5(7(13)14)2-3-6(11)12;1-5(2,3)4/h5,9H,2-3H2,1H3,(H,8,10)(H,11,12)(H,13,14);(H3,1,2,3,4)/t5-;/m0./s1. The van der Waals surface area contributed by atoms with Crippen molar-refractivity contribution in [3.63, 3.8) is 0 Å². The zero-order valence-electron chi connectivity index (χ0n) is 9.81. The van der Waals surface area contributed by atoms with Crippen molar-refractivity contribution in [2.45, 2.75) is 25.8 Å². The molecule has 112 valence electrons. The highest BCUT2D eigenvalue weighted by molar-refractivity contribution is 7.45. The van der Waals surface area contributed by atoms with Gasteiger partial charge in [-0.25, -0.2) is 9.99 Å². The number of hydrogen-bond acceptors (Lipinski definition) is 5. The molecule has 0 aromatic heterocycles. The lowest BCUT2D eigenvalue weighted by atomic mass is 10.2. The van der Waals surface area contributed by atoms with E-state index in [-0.39, 0.29) is 12.8 Å². The molecule has 0 aliphatic heterocycles. The maximum atomic E-state index is 10.5. The molecule has 1 amide bonds. The van der Waals surface area contributed by atoms with Crippen molar-refractivity contribution < 1.29 is 43.8 Å². The number of aliphatic carboxylic acids is 2. The largest absolute Gasteiger partial charge is 0.481 e. The molecule has 0 bridgehead atoms. The van der Waals surface area contributed by atoms with Crippen molar-refractivity contribution in [2.24, 2.45) is 0 Å². The Kier molecular flexibility index (Phi) is 9.82. The molecule has 1 atom stereocenters. The predicted octanol–water partition coefficient (Wildman–Crippen LogP) is -1.98. The highest BCUT2D eigenvalue weighted by Gasteiger charge is 2.18. The Morgan fingerprint density at radius 1 is 1.16 bits per heavy atom. The molecule has 0 aliphatic rings. The second-order valence-electron chi connectivity index (χ2n) is 3.16. The van der Waals surface area contributed by atoms with Crippen LogP contribution in [0.5, 0.6) is 0 Å². The first-order chi connectivity index (χ1) is 8.43. The van der Waals surface area contributed by atoms with E-state index in [1.165, 1.54) is 6.92 Å². The summed E-state index contributed by atoms with van der Waals surface area (Å²) < 4.78 is 8.88. The van der Waals surface area contributed by atoms with Gasteiger partial charge in [0.05, 0.1) is 0 Å². The number of amides is 1. The summed E-state index contributed by atoms with van der Waals surface area (Å²) in [7, 11) is -4.64. The lowest BCUT2D eigenvalue weighted by Crippen LogP contribution is -2.47. The van der Waals surface area contributed by atoms with Gasteiger partial charge in [-0.15, -0.1) is 0 Å². The monoisotopic (exact) mass is 302 g/mol. The van der Waals surface area contributed by atoms with Crippen molar-refractivity contribution >= 4 is 25.7 Å². The summed E-state index contributed by atoms with van der Waals surface area (Å²) in [5.41, 5.74) is 4.30. The molecule has 11 nitrogen and oxygen atoms in total. The molecule has 0 aliphatic carbocycles. The summed E-state index contributed by atoms with van der Waals surface area (Å²) in [6.45, 7) is 1.21. The summed E-state index contributed by atoms with van der Waals surface area (Å²) in [6.07, 6.45) is -0.367. The van der Waals surface area contributed by atoms with Crippen LogP contribution in [-0.2, 0) is 18.9 Å². The first-order valence-electron chi connectivity index (χ1n) is 4.68. The fraction of sp³-hybridized carbons (Fsp3) is 0.571. The van der Waals surface area contributed by atoms with E-state index in [1.807, 2.05) is 0 Å². The van der Waals surface area contributed by atoms with Gasteiger partial charge in [0.1, 0.15) is 6.04 Å². The normalized spacial score (nSPS) is 11.8. The van der Waals surface area contributed by atoms with Gasteiger partial charge in [0.25, 0.3) is 0 Å². The molecule has 0 aromatic carbocycles. The molecule has 0 spiro atoms. The number of carboxylic acids is 2. The number of carboxylic acid groups (broad SMARTS) is 2. The summed E-state index contributed by atoms with van der Waals surface area (Å²) >= 11 is 0. The molecule has 0 saturated carbocycles. The van der Waals surface area contributed by atoms with Crippen molar-refractivity contribution in [1.29, 1.82) is 0 Å². The van der Waals surface area contributed by atoms with Crippen LogP contribution in [0, 0.1) is 0 Å². The molecule has 0 radical (unpaired) electrons. The van der Waals surface area contributed by atoms with E-state index < -0.39 is 31.7 Å². The Bertz CT molecular complexity index is 339. The summed E-state index contributed by atoms with van der Waals surface area (Å²) in [4.78, 5) is 52.7. The number of carbonyl (C=O) groups is 3. The number of phosphoric acid groups is 1. The van der Waals surface area contributed by atoms with Gasteiger partial charge in [0, 0.05) is 13.3 Å². The van der Waals surface area contributed by atoms with Crippen LogP contribution in [0.25, 0.3) is 0 Å². The Morgan fingerprint density at radius 2 is 1.58 bits per heavy atom. The van der Waals surface area contributed by atoms with Crippen molar-refractivity contribution in [1.82, 2.24) is 10.9 Å². The molecule has 7 N–H and O–H groups in total. The third-order valence-electron chi connectivity index (χ3n) is 1.37. The topological polar surface area (TPSA) is 193 Å². The average molecular weight is 302 g/mol. The average Bonchev–Trinajstić information content (AvgIpc) is 2.13. The molecule has 19 heavy (non-hydrogen) atoms. The third-order valence-corrected chi connectivity index (χ3v) is 1.37. The molecule has 12 heteroatoms. The van der Waals surface area contributed by atoms with Crippen LogP contribution in [-0.4, -0.2) is 48.8 Å². The third kappa shape index (κ3) is 22.2. The number of carbonyl (C=O) groups excluding carboxylic acids is 1. The zero-order valence-corrected chi connectivity index (χ0v) is 10.7. The molecule has 0 saturated heterocycles. The Balaban J connectivity index is 0. The van der Waals surface area contributed by atoms with E-state index in [2.05, 4.69) is 10.9 Å². The van der Waals surface area contributed by atoms with Gasteiger partial charge in [-0.3, -0.25) is 19.8 Å². The highest BCUT2D eigenvalue weighted by atomic mass is 31.2. The van der Waals surface area contributed by atoms with Crippen LogP contribution in [0.4, 0.5) is 0 Å². The van der Waals surface area contributed by atoms with E-state index >= 15 is 0 Å². The molecule has 0 rings (SSSR count). The van der Waals surface area contributed by atoms with E-state index in [0.717, 1.165) is 0 Å². The zero-order chi connectivity index (χ0) is 15.6. The van der Waals surface area contributed by atoms with E-state index in [9.17, 15) is 14.4 Å². The Hall–Kier alpha value is -1.52. The van der Waals surface area contributed by atoms with Crippen LogP contribution in [0.15, 0.2) is 0 Å². The minimum atomic E-state index is -4.64. The second-order valence-corrected chi connectivity index (χ2v) is 4.19. The van der Waals surface area contributed by atoms with Crippen molar-refractivity contribution in [3.8, 4) is 0 Å². The number of nitrogens with one attached hydrogen (secondary N) is 2. The predicted molar refractivity (Wildman–Crippen MR) is 59.5 cm³/mol. The lowest BCUT2D eigenvalue weighted by molar-refractivity contribution is -0.141. The van der Waals surface area contributed by atoms with Crippen LogP contribution < -0.4 is 10.9 Å². The molecule has 0 unspecified atom stereocenters. The number of hydrazine groups is 1. The minimum absolute atomic E-state index is 0.0923. The van der Waals surface area contributed by atoms with Crippen molar-refractivity contribution in [2.75, 3.05) is 0 Å². The molecule has 0 aromatic rings. The van der Waals surface area contributed by atoms with Gasteiger partial charge in [0.15, 0.2) is 0 Å². The highest BCUT2D eigenvalue weighted by Crippen LogP contribution is 2.25. The van der Waals surface area contributed by atoms with Gasteiger partial charge in [-0.2, -0.15) is 0 Å². The van der Waals surface area contributed by atoms with E-state index in [4.69, 9.17) is 29.5 Å². The quantitative estimate of drug-likeness (QED) is 0.213. The maximum Gasteiger partial charge on any atom is 0.466 e. The molecule has 0 heterocycles. The minimum Gasteiger partial charge on any atom is -0.481 e. The molecule has 0 fully saturated rings. The van der Waals surface area contributed by atoms with E-state index in [0.29, 0.717) is 0 Å². The first-order valence-corrected chi connectivity index (χ1v) is 6.25. The van der Waals surface area contributed by atoms with Crippen LogP contribution in [0.3, 0.4) is 0 Å². The van der Waals surface area contributed by atoms with Gasteiger partial charge >= 0.3 is 19.8 Å². The summed E-state index contributed by atoms with van der Waals surface area (Å²) in [6, 6.07) is -1.09. The fourth-order valence-electron chi connectivity index (χ4n) is 0.714. The Morgan fingerprint density at radius 3 is 1.84 bits per heavy atom. The summed E-state index contributed by atoms with van der Waals surface area (Å²) in [5, 5.41) is 16.9. The van der Waals surface area contributed by atoms with Crippen LogP contribution in [0.1, 0.15) is 19.8 Å². The maximum absolute atomic E-state index is 10.5. The summed E-state index contributed by atoms with van der Waals surface area (Å²) in [5.74, 6) is -2.73. The van der Waals surface area contributed by atoms with Gasteiger partial charge in [0.2, 0.25) is 5.91 Å². The Labute approximate surface area is 107 Å². The fourth-order valence-corrected chi connectivity index (χ4v) is 0.714.